The lowest BCUT2D eigenvalue weighted by atomic mass is 10.3. The summed E-state index contributed by atoms with van der Waals surface area (Å²) in [4.78, 5) is 5.06. The number of nitrogens with two attached hydrogens (primary N) is 1. The van der Waals surface area contributed by atoms with Crippen molar-refractivity contribution in [2.75, 3.05) is 7.05 Å². The van der Waals surface area contributed by atoms with E-state index in [9.17, 15) is 0 Å². The zero-order valence-electron chi connectivity index (χ0n) is 6.59. The summed E-state index contributed by atoms with van der Waals surface area (Å²) in [6.45, 7) is 2.05. The summed E-state index contributed by atoms with van der Waals surface area (Å²) in [6, 6.07) is 2.05. The van der Waals surface area contributed by atoms with E-state index >= 15 is 0 Å². The number of hydrazine groups is 1. The summed E-state index contributed by atoms with van der Waals surface area (Å²) in [5.74, 6) is 5.99. The van der Waals surface area contributed by atoms with Gasteiger partial charge in [-0.25, -0.2) is 5.84 Å². The van der Waals surface area contributed by atoms with E-state index in [0.29, 0.717) is 0 Å². The smallest absolute Gasteiger partial charge is 0.152 e. The van der Waals surface area contributed by atoms with Gasteiger partial charge in [-0.3, -0.25) is 4.99 Å². The van der Waals surface area contributed by atoms with E-state index in [4.69, 9.17) is 5.84 Å². The van der Waals surface area contributed by atoms with E-state index < -0.39 is 0 Å². The summed E-state index contributed by atoms with van der Waals surface area (Å²) in [6.07, 6.45) is 0. The van der Waals surface area contributed by atoms with E-state index in [0.717, 1.165) is 10.7 Å². The zero-order chi connectivity index (χ0) is 8.27. The number of hydrogen-bond acceptors (Lipinski definition) is 3. The number of nitrogens with one attached hydrogen (secondary N) is 1. The Morgan fingerprint density at radius 2 is 2.45 bits per heavy atom. The van der Waals surface area contributed by atoms with Gasteiger partial charge in [0.05, 0.1) is 4.88 Å². The van der Waals surface area contributed by atoms with Crippen molar-refractivity contribution in [1.29, 1.82) is 0 Å². The van der Waals surface area contributed by atoms with E-state index in [-0.39, 0.29) is 0 Å². The molecule has 0 aliphatic rings. The Balaban J connectivity index is 2.91. The van der Waals surface area contributed by atoms with Crippen LogP contribution in [0.15, 0.2) is 16.4 Å². The molecule has 0 bridgehead atoms. The first-order valence-electron chi connectivity index (χ1n) is 3.27. The average Bonchev–Trinajstić information content (AvgIpc) is 2.39. The van der Waals surface area contributed by atoms with Crippen LogP contribution >= 0.6 is 11.3 Å². The van der Waals surface area contributed by atoms with Gasteiger partial charge in [-0.1, -0.05) is 0 Å². The molecular weight excluding hydrogens is 158 g/mol. The molecule has 0 aliphatic heterocycles. The quantitative estimate of drug-likeness (QED) is 0.284. The second-order valence-corrected chi connectivity index (χ2v) is 3.12. The van der Waals surface area contributed by atoms with Gasteiger partial charge in [0.1, 0.15) is 0 Å². The maximum Gasteiger partial charge on any atom is 0.152 e. The third-order valence-corrected chi connectivity index (χ3v) is 2.38. The number of nitrogens with zero attached hydrogens (tertiary/aromatic N) is 1. The molecule has 4 heteroatoms. The molecule has 11 heavy (non-hydrogen) atoms. The Morgan fingerprint density at radius 1 is 1.73 bits per heavy atom. The first kappa shape index (κ1) is 8.23. The molecule has 0 aromatic carbocycles. The molecule has 0 amide bonds. The number of thiophene rings is 1. The maximum absolute atomic E-state index is 5.25. The fourth-order valence-corrected chi connectivity index (χ4v) is 1.70. The van der Waals surface area contributed by atoms with Gasteiger partial charge >= 0.3 is 0 Å². The number of hydrogen-bond donors (Lipinski definition) is 2. The molecule has 3 N–H and O–H groups in total. The van der Waals surface area contributed by atoms with Crippen molar-refractivity contribution in [3.8, 4) is 0 Å². The van der Waals surface area contributed by atoms with Crippen molar-refractivity contribution >= 4 is 17.2 Å². The molecule has 0 atom stereocenters. The second kappa shape index (κ2) is 3.50. The molecule has 1 aromatic heterocycles. The van der Waals surface area contributed by atoms with Gasteiger partial charge in [-0.05, 0) is 23.9 Å². The fourth-order valence-electron chi connectivity index (χ4n) is 0.801. The Bertz CT molecular complexity index is 264. The number of rotatable bonds is 1. The van der Waals surface area contributed by atoms with Crippen molar-refractivity contribution < 1.29 is 0 Å². The minimum Gasteiger partial charge on any atom is -0.308 e. The van der Waals surface area contributed by atoms with Gasteiger partial charge in [-0.15, -0.1) is 11.3 Å². The van der Waals surface area contributed by atoms with E-state index in [1.54, 1.807) is 18.4 Å². The highest BCUT2D eigenvalue weighted by Crippen LogP contribution is 2.13. The van der Waals surface area contributed by atoms with Crippen LogP contribution in [0, 0.1) is 6.92 Å². The van der Waals surface area contributed by atoms with Gasteiger partial charge in [-0.2, -0.15) is 0 Å². The molecule has 60 valence electrons. The summed E-state index contributed by atoms with van der Waals surface area (Å²) in [7, 11) is 1.71. The van der Waals surface area contributed by atoms with Crippen molar-refractivity contribution in [2.45, 2.75) is 6.92 Å². The molecule has 3 nitrogen and oxygen atoms in total. The van der Waals surface area contributed by atoms with Crippen molar-refractivity contribution in [3.63, 3.8) is 0 Å². The summed E-state index contributed by atoms with van der Waals surface area (Å²) in [5, 5.41) is 2.07. The highest BCUT2D eigenvalue weighted by molar-refractivity contribution is 7.12. The lowest BCUT2D eigenvalue weighted by Crippen LogP contribution is -2.30. The van der Waals surface area contributed by atoms with Crippen LogP contribution in [0.2, 0.25) is 0 Å². The van der Waals surface area contributed by atoms with Crippen LogP contribution in [-0.2, 0) is 0 Å². The van der Waals surface area contributed by atoms with Crippen LogP contribution in [0.25, 0.3) is 0 Å². The summed E-state index contributed by atoms with van der Waals surface area (Å²) in [5.41, 5.74) is 3.78. The second-order valence-electron chi connectivity index (χ2n) is 2.20. The Morgan fingerprint density at radius 3 is 2.82 bits per heavy atom. The van der Waals surface area contributed by atoms with Gasteiger partial charge in [0.2, 0.25) is 0 Å². The molecule has 0 spiro atoms. The van der Waals surface area contributed by atoms with Crippen molar-refractivity contribution in [3.05, 3.63) is 21.9 Å². The largest absolute Gasteiger partial charge is 0.308 e. The van der Waals surface area contributed by atoms with Crippen molar-refractivity contribution in [2.24, 2.45) is 10.8 Å². The number of aryl methyl sites for hydroxylation is 1. The lowest BCUT2D eigenvalue weighted by Gasteiger charge is -1.98. The zero-order valence-corrected chi connectivity index (χ0v) is 7.40. The van der Waals surface area contributed by atoms with Crippen LogP contribution in [0.1, 0.15) is 10.4 Å². The lowest BCUT2D eigenvalue weighted by molar-refractivity contribution is 1.02. The van der Waals surface area contributed by atoms with Crippen LogP contribution in [0.5, 0.6) is 0 Å². The standard InChI is InChI=1S/C7H11N3S/c1-5-3-6(11-4-5)7(9-2)10-8/h3-4H,8H2,1-2H3,(H,9,10). The first-order chi connectivity index (χ1) is 5.27. The number of aliphatic imine (C=N–C) groups is 1. The highest BCUT2D eigenvalue weighted by atomic mass is 32.1. The van der Waals surface area contributed by atoms with Crippen molar-refractivity contribution in [1.82, 2.24) is 5.43 Å². The third kappa shape index (κ3) is 1.78. The van der Waals surface area contributed by atoms with Gasteiger partial charge < -0.3 is 5.43 Å². The molecule has 0 saturated carbocycles. The maximum atomic E-state index is 5.25. The first-order valence-corrected chi connectivity index (χ1v) is 4.15. The predicted molar refractivity (Wildman–Crippen MR) is 48.8 cm³/mol. The van der Waals surface area contributed by atoms with Gasteiger partial charge in [0.15, 0.2) is 5.84 Å². The fraction of sp³-hybridized carbons (Fsp3) is 0.286. The summed E-state index contributed by atoms with van der Waals surface area (Å²) >= 11 is 1.63. The molecule has 0 aliphatic carbocycles. The predicted octanol–water partition coefficient (Wildman–Crippen LogP) is 0.896. The minimum absolute atomic E-state index is 0.739. The van der Waals surface area contributed by atoms with E-state index in [2.05, 4.69) is 15.8 Å². The van der Waals surface area contributed by atoms with Gasteiger partial charge in [0.25, 0.3) is 0 Å². The summed E-state index contributed by atoms with van der Waals surface area (Å²) < 4.78 is 0. The monoisotopic (exact) mass is 169 g/mol. The molecule has 0 fully saturated rings. The minimum atomic E-state index is 0.739. The topological polar surface area (TPSA) is 50.4 Å². The Kier molecular flexibility index (Phi) is 2.62. The number of amidine groups is 1. The van der Waals surface area contributed by atoms with E-state index in [1.807, 2.05) is 13.0 Å². The Hall–Kier alpha value is -0.870. The SMILES string of the molecule is CN=C(NN)c1cc(C)cs1. The van der Waals surface area contributed by atoms with Crippen LogP contribution in [-0.4, -0.2) is 12.9 Å². The third-order valence-electron chi connectivity index (χ3n) is 1.32. The molecule has 1 heterocycles. The highest BCUT2D eigenvalue weighted by Gasteiger charge is 2.01. The van der Waals surface area contributed by atoms with Crippen LogP contribution < -0.4 is 11.3 Å². The average molecular weight is 169 g/mol. The molecule has 0 unspecified atom stereocenters. The molecule has 0 radical (unpaired) electrons. The van der Waals surface area contributed by atoms with E-state index in [1.165, 1.54) is 5.56 Å². The molecule has 1 aromatic rings. The Labute approximate surface area is 69.9 Å². The molecular formula is C7H11N3S. The van der Waals surface area contributed by atoms with Crippen LogP contribution in [0.3, 0.4) is 0 Å². The van der Waals surface area contributed by atoms with Crippen LogP contribution in [0.4, 0.5) is 0 Å². The normalized spacial score (nSPS) is 11.7. The van der Waals surface area contributed by atoms with Gasteiger partial charge in [0, 0.05) is 7.05 Å². The molecule has 1 rings (SSSR count). The molecule has 0 saturated heterocycles.